The average Bonchev–Trinajstić information content (AvgIpc) is 2.80. The number of hydrogen-bond acceptors (Lipinski definition) is 6. The molecule has 1 aliphatic carbocycles. The van der Waals surface area contributed by atoms with Crippen molar-refractivity contribution < 1.29 is 27.5 Å². The Morgan fingerprint density at radius 3 is 2.68 bits per heavy atom. The summed E-state index contributed by atoms with van der Waals surface area (Å²) in [7, 11) is 1.52. The van der Waals surface area contributed by atoms with Gasteiger partial charge in [0, 0.05) is 17.9 Å². The van der Waals surface area contributed by atoms with Crippen LogP contribution < -0.4 is 4.74 Å². The highest BCUT2D eigenvalue weighted by Gasteiger charge is 2.30. The van der Waals surface area contributed by atoms with Crippen molar-refractivity contribution >= 4 is 34.7 Å². The average molecular weight is 518 g/mol. The van der Waals surface area contributed by atoms with Gasteiger partial charge in [-0.25, -0.2) is 0 Å². The van der Waals surface area contributed by atoms with Gasteiger partial charge in [0.15, 0.2) is 12.4 Å². The van der Waals surface area contributed by atoms with Crippen LogP contribution in [-0.4, -0.2) is 41.6 Å². The molecular formula is C23H24Cl2F3N3O3. The van der Waals surface area contributed by atoms with E-state index < -0.39 is 12.8 Å². The van der Waals surface area contributed by atoms with Crippen molar-refractivity contribution in [2.24, 2.45) is 11.1 Å². The zero-order valence-electron chi connectivity index (χ0n) is 18.5. The second-order valence-electron chi connectivity index (χ2n) is 8.00. The quantitative estimate of drug-likeness (QED) is 0.266. The number of rotatable bonds is 9. The predicted molar refractivity (Wildman–Crippen MR) is 124 cm³/mol. The number of nitrogens with zero attached hydrogens (tertiary/aromatic N) is 3. The fraction of sp³-hybridized carbons (Fsp3) is 0.478. The molecule has 1 aromatic heterocycles. The number of alkyl halides is 3. The smallest absolute Gasteiger partial charge is 0.422 e. The molecule has 1 atom stereocenters. The van der Waals surface area contributed by atoms with Crippen molar-refractivity contribution in [3.05, 3.63) is 40.0 Å². The van der Waals surface area contributed by atoms with Crippen molar-refractivity contribution in [1.82, 2.24) is 10.2 Å². The monoisotopic (exact) mass is 517 g/mol. The van der Waals surface area contributed by atoms with Crippen LogP contribution in [0.25, 0.3) is 11.1 Å². The summed E-state index contributed by atoms with van der Waals surface area (Å²) in [6.07, 6.45) is 1.14. The van der Waals surface area contributed by atoms with Gasteiger partial charge < -0.3 is 9.57 Å². The van der Waals surface area contributed by atoms with Crippen LogP contribution in [-0.2, 0) is 4.84 Å². The molecule has 0 aliphatic heterocycles. The van der Waals surface area contributed by atoms with Gasteiger partial charge in [-0.2, -0.15) is 13.2 Å². The first-order chi connectivity index (χ1) is 16.2. The van der Waals surface area contributed by atoms with Crippen LogP contribution in [0.5, 0.6) is 5.88 Å². The van der Waals surface area contributed by atoms with E-state index in [2.05, 4.69) is 15.4 Å². The lowest BCUT2D eigenvalue weighted by Gasteiger charge is -2.23. The molecule has 1 fully saturated rings. The molecule has 0 spiro atoms. The van der Waals surface area contributed by atoms with Gasteiger partial charge in [0.05, 0.1) is 15.8 Å². The first-order valence-corrected chi connectivity index (χ1v) is 11.6. The predicted octanol–water partition coefficient (Wildman–Crippen LogP) is 6.94. The summed E-state index contributed by atoms with van der Waals surface area (Å²) in [6.45, 7) is -1.55. The van der Waals surface area contributed by atoms with E-state index in [-0.39, 0.29) is 45.3 Å². The Kier molecular flexibility index (Phi) is 9.13. The van der Waals surface area contributed by atoms with E-state index in [1.807, 2.05) is 0 Å². The third kappa shape index (κ3) is 7.30. The van der Waals surface area contributed by atoms with Crippen LogP contribution in [0.4, 0.5) is 13.2 Å². The molecule has 184 valence electrons. The summed E-state index contributed by atoms with van der Waals surface area (Å²) < 4.78 is 42.9. The van der Waals surface area contributed by atoms with Crippen LogP contribution in [0.2, 0.25) is 10.0 Å². The maximum atomic E-state index is 12.8. The summed E-state index contributed by atoms with van der Waals surface area (Å²) in [5.41, 5.74) is 1.63. The van der Waals surface area contributed by atoms with Gasteiger partial charge in [-0.1, -0.05) is 40.8 Å². The number of halogens is 5. The summed E-state index contributed by atoms with van der Waals surface area (Å²) in [5, 5.41) is 12.2. The number of oxime groups is 1. The third-order valence-corrected chi connectivity index (χ3v) is 6.26. The lowest BCUT2D eigenvalue weighted by atomic mass is 9.83. The number of ketones is 1. The minimum absolute atomic E-state index is 0.0369. The molecule has 1 saturated carbocycles. The van der Waals surface area contributed by atoms with E-state index >= 15 is 0 Å². The van der Waals surface area contributed by atoms with Gasteiger partial charge >= 0.3 is 6.18 Å². The molecule has 6 nitrogen and oxygen atoms in total. The van der Waals surface area contributed by atoms with Gasteiger partial charge in [0.1, 0.15) is 12.8 Å². The van der Waals surface area contributed by atoms with Crippen LogP contribution >= 0.6 is 23.2 Å². The maximum Gasteiger partial charge on any atom is 0.422 e. The summed E-state index contributed by atoms with van der Waals surface area (Å²) in [5.74, 6) is -0.343. The van der Waals surface area contributed by atoms with Gasteiger partial charge in [0.2, 0.25) is 5.88 Å². The Bertz CT molecular complexity index is 1050. The molecule has 1 aliphatic rings. The fourth-order valence-corrected chi connectivity index (χ4v) is 4.20. The van der Waals surface area contributed by atoms with Crippen molar-refractivity contribution in [3.8, 4) is 17.0 Å². The van der Waals surface area contributed by atoms with Crippen molar-refractivity contribution in [2.75, 3.05) is 13.7 Å². The topological polar surface area (TPSA) is 73.7 Å². The Balaban J connectivity index is 1.76. The fourth-order valence-electron chi connectivity index (χ4n) is 3.90. The zero-order valence-corrected chi connectivity index (χ0v) is 20.0. The summed E-state index contributed by atoms with van der Waals surface area (Å²) in [6, 6.07) is 5.89. The van der Waals surface area contributed by atoms with Crippen molar-refractivity contribution in [2.45, 2.75) is 51.1 Å². The van der Waals surface area contributed by atoms with E-state index in [0.29, 0.717) is 12.0 Å². The molecule has 1 aromatic carbocycles. The highest BCUT2D eigenvalue weighted by molar-refractivity contribution is 6.42. The lowest BCUT2D eigenvalue weighted by molar-refractivity contribution is -0.154. The standard InChI is InChI=1S/C23H24Cl2F3N3O3/c1-33-31-19-7-3-2-5-14(19)6-4-8-21(32)20-12-16(15-9-10-17(24)18(25)11-15)22(30-29-20)34-13-23(26,27)28/h9-12,14H,2-8,13H2,1H3/b31-19+/t14-/m1/s1. The van der Waals surface area contributed by atoms with Crippen LogP contribution in [0, 0.1) is 5.92 Å². The van der Waals surface area contributed by atoms with Gasteiger partial charge in [-0.3, -0.25) is 4.79 Å². The van der Waals surface area contributed by atoms with Crippen molar-refractivity contribution in [1.29, 1.82) is 0 Å². The molecular weight excluding hydrogens is 494 g/mol. The first-order valence-electron chi connectivity index (χ1n) is 10.8. The number of Topliss-reactive ketones (excluding diaryl/α,β-unsaturated/α-hetero) is 1. The Hall–Kier alpha value is -2.39. The normalized spacial score (nSPS) is 17.6. The molecule has 1 heterocycles. The largest absolute Gasteiger partial charge is 0.467 e. The van der Waals surface area contributed by atoms with E-state index in [0.717, 1.165) is 37.8 Å². The number of carbonyl (C=O) groups excluding carboxylic acids is 1. The molecule has 11 heteroatoms. The lowest BCUT2D eigenvalue weighted by Crippen LogP contribution is -2.20. The molecule has 0 amide bonds. The summed E-state index contributed by atoms with van der Waals surface area (Å²) in [4.78, 5) is 17.7. The van der Waals surface area contributed by atoms with Crippen LogP contribution in [0.1, 0.15) is 55.4 Å². The minimum Gasteiger partial charge on any atom is -0.467 e. The number of carbonyl (C=O) groups is 1. The van der Waals surface area contributed by atoms with Gasteiger partial charge in [-0.05, 0) is 55.9 Å². The highest BCUT2D eigenvalue weighted by atomic mass is 35.5. The molecule has 2 aromatic rings. The minimum atomic E-state index is -4.56. The molecule has 3 rings (SSSR count). The SMILES string of the molecule is CO/N=C1\CCCC[C@@H]1CCCC(=O)c1cc(-c2ccc(Cl)c(Cl)c2)c(OCC(F)(F)F)nn1. The molecule has 0 saturated heterocycles. The molecule has 0 bridgehead atoms. The number of benzene rings is 1. The molecule has 34 heavy (non-hydrogen) atoms. The Morgan fingerprint density at radius 1 is 1.18 bits per heavy atom. The van der Waals surface area contributed by atoms with E-state index in [9.17, 15) is 18.0 Å². The molecule has 0 radical (unpaired) electrons. The third-order valence-electron chi connectivity index (χ3n) is 5.52. The van der Waals surface area contributed by atoms with Gasteiger partial charge in [-0.15, -0.1) is 10.2 Å². The second kappa shape index (κ2) is 11.8. The molecule has 0 unspecified atom stereocenters. The number of aromatic nitrogens is 2. The van der Waals surface area contributed by atoms with Crippen LogP contribution in [0.15, 0.2) is 29.4 Å². The second-order valence-corrected chi connectivity index (χ2v) is 8.82. The van der Waals surface area contributed by atoms with Gasteiger partial charge in [0.25, 0.3) is 0 Å². The highest BCUT2D eigenvalue weighted by Crippen LogP contribution is 2.34. The maximum absolute atomic E-state index is 12.8. The van der Waals surface area contributed by atoms with E-state index in [1.165, 1.54) is 25.3 Å². The van der Waals surface area contributed by atoms with Crippen LogP contribution in [0.3, 0.4) is 0 Å². The molecule has 0 N–H and O–H groups in total. The summed E-state index contributed by atoms with van der Waals surface area (Å²) >= 11 is 12.0. The number of hydrogen-bond donors (Lipinski definition) is 0. The van der Waals surface area contributed by atoms with E-state index in [1.54, 1.807) is 6.07 Å². The number of ether oxygens (including phenoxy) is 1. The Morgan fingerprint density at radius 2 is 1.97 bits per heavy atom. The van der Waals surface area contributed by atoms with Crippen molar-refractivity contribution in [3.63, 3.8) is 0 Å². The zero-order chi connectivity index (χ0) is 24.7. The van der Waals surface area contributed by atoms with E-state index in [4.69, 9.17) is 32.8 Å². The first kappa shape index (κ1) is 26.2. The Labute approximate surface area is 205 Å².